The van der Waals surface area contributed by atoms with Crippen molar-refractivity contribution < 1.29 is 4.42 Å². The van der Waals surface area contributed by atoms with E-state index >= 15 is 0 Å². The Morgan fingerprint density at radius 2 is 2.44 bits per heavy atom. The maximum Gasteiger partial charge on any atom is 0.126 e. The molecule has 0 fully saturated rings. The molecule has 3 nitrogen and oxygen atoms in total. The van der Waals surface area contributed by atoms with E-state index in [1.807, 2.05) is 6.07 Å². The third-order valence-corrected chi connectivity index (χ3v) is 3.34. The van der Waals surface area contributed by atoms with Gasteiger partial charge in [-0.1, -0.05) is 6.92 Å². The average Bonchev–Trinajstić information content (AvgIpc) is 2.94. The van der Waals surface area contributed by atoms with Gasteiger partial charge in [0.05, 0.1) is 12.0 Å². The van der Waals surface area contributed by atoms with Gasteiger partial charge in [0, 0.05) is 17.0 Å². The van der Waals surface area contributed by atoms with Gasteiger partial charge in [-0.3, -0.25) is 0 Å². The molecule has 0 aliphatic carbocycles. The maximum atomic E-state index is 5.05. The molecule has 0 amide bonds. The Kier molecular flexibility index (Phi) is 3.74. The van der Waals surface area contributed by atoms with Crippen molar-refractivity contribution in [3.8, 4) is 10.6 Å². The second-order valence-corrected chi connectivity index (χ2v) is 4.62. The van der Waals surface area contributed by atoms with Crippen LogP contribution in [0.4, 0.5) is 0 Å². The average molecular weight is 236 g/mol. The highest BCUT2D eigenvalue weighted by Crippen LogP contribution is 2.26. The smallest absolute Gasteiger partial charge is 0.126 e. The first-order valence-electron chi connectivity index (χ1n) is 5.52. The van der Waals surface area contributed by atoms with Crippen LogP contribution < -0.4 is 5.32 Å². The Morgan fingerprint density at radius 3 is 3.12 bits per heavy atom. The predicted octanol–water partition coefficient (Wildman–Crippen LogP) is 3.46. The van der Waals surface area contributed by atoms with Gasteiger partial charge in [-0.25, -0.2) is 4.98 Å². The minimum atomic E-state index is 0.317. The fraction of sp³-hybridized carbons (Fsp3) is 0.417. The standard InChI is InChI=1S/C12H16N2OS/c1-3-5-13-9(2)11-8-16-12(14-11)10-4-6-15-7-10/h4,6-9,13H,3,5H2,1-2H3. The van der Waals surface area contributed by atoms with Crippen LogP contribution in [0.1, 0.15) is 32.0 Å². The molecule has 2 aromatic rings. The van der Waals surface area contributed by atoms with Gasteiger partial charge in [0.15, 0.2) is 0 Å². The summed E-state index contributed by atoms with van der Waals surface area (Å²) in [6, 6.07) is 2.25. The van der Waals surface area contributed by atoms with E-state index in [0.29, 0.717) is 6.04 Å². The number of thiazole rings is 1. The third-order valence-electron chi connectivity index (χ3n) is 2.43. The largest absolute Gasteiger partial charge is 0.472 e. The summed E-state index contributed by atoms with van der Waals surface area (Å²) in [5, 5.41) is 6.56. The number of rotatable bonds is 5. The minimum Gasteiger partial charge on any atom is -0.472 e. The molecule has 1 N–H and O–H groups in total. The quantitative estimate of drug-likeness (QED) is 0.864. The molecule has 0 aliphatic heterocycles. The summed E-state index contributed by atoms with van der Waals surface area (Å²) < 4.78 is 5.05. The van der Waals surface area contributed by atoms with E-state index < -0.39 is 0 Å². The molecular weight excluding hydrogens is 220 g/mol. The van der Waals surface area contributed by atoms with E-state index in [0.717, 1.165) is 29.2 Å². The van der Waals surface area contributed by atoms with Crippen molar-refractivity contribution in [3.63, 3.8) is 0 Å². The zero-order valence-corrected chi connectivity index (χ0v) is 10.4. The molecule has 2 aromatic heterocycles. The van der Waals surface area contributed by atoms with E-state index in [-0.39, 0.29) is 0 Å². The maximum absolute atomic E-state index is 5.05. The van der Waals surface area contributed by atoms with Gasteiger partial charge < -0.3 is 9.73 Å². The molecule has 0 saturated heterocycles. The van der Waals surface area contributed by atoms with Crippen LogP contribution in [0.15, 0.2) is 28.4 Å². The highest BCUT2D eigenvalue weighted by molar-refractivity contribution is 7.13. The second kappa shape index (κ2) is 5.27. The molecular formula is C12H16N2OS. The van der Waals surface area contributed by atoms with Gasteiger partial charge in [-0.15, -0.1) is 11.3 Å². The van der Waals surface area contributed by atoms with Crippen LogP contribution in [0.5, 0.6) is 0 Å². The summed E-state index contributed by atoms with van der Waals surface area (Å²) in [7, 11) is 0. The fourth-order valence-corrected chi connectivity index (χ4v) is 2.37. The number of nitrogens with one attached hydrogen (secondary N) is 1. The molecule has 1 atom stereocenters. The number of hydrogen-bond donors (Lipinski definition) is 1. The normalized spacial score (nSPS) is 12.9. The molecule has 2 rings (SSSR count). The Hall–Kier alpha value is -1.13. The van der Waals surface area contributed by atoms with Gasteiger partial charge >= 0.3 is 0 Å². The second-order valence-electron chi connectivity index (χ2n) is 3.77. The van der Waals surface area contributed by atoms with Crippen molar-refractivity contribution in [1.29, 1.82) is 0 Å². The highest BCUT2D eigenvalue weighted by atomic mass is 32.1. The van der Waals surface area contributed by atoms with Gasteiger partial charge in [-0.2, -0.15) is 0 Å². The van der Waals surface area contributed by atoms with Crippen molar-refractivity contribution in [3.05, 3.63) is 29.7 Å². The van der Waals surface area contributed by atoms with Crippen LogP contribution in [0.2, 0.25) is 0 Å². The number of aromatic nitrogens is 1. The predicted molar refractivity (Wildman–Crippen MR) is 66.5 cm³/mol. The van der Waals surface area contributed by atoms with Gasteiger partial charge in [0.2, 0.25) is 0 Å². The number of furan rings is 1. The molecule has 0 bridgehead atoms. The van der Waals surface area contributed by atoms with Crippen molar-refractivity contribution in [2.24, 2.45) is 0 Å². The Labute approximate surface area is 99.5 Å². The summed E-state index contributed by atoms with van der Waals surface area (Å²) in [6.07, 6.45) is 4.55. The molecule has 0 aromatic carbocycles. The van der Waals surface area contributed by atoms with E-state index in [9.17, 15) is 0 Å². The Morgan fingerprint density at radius 1 is 1.56 bits per heavy atom. The summed E-state index contributed by atoms with van der Waals surface area (Å²) in [5.74, 6) is 0. The van der Waals surface area contributed by atoms with Crippen LogP contribution in [0, 0.1) is 0 Å². The van der Waals surface area contributed by atoms with E-state index in [1.165, 1.54) is 0 Å². The topological polar surface area (TPSA) is 38.1 Å². The summed E-state index contributed by atoms with van der Waals surface area (Å²) in [4.78, 5) is 4.60. The lowest BCUT2D eigenvalue weighted by Gasteiger charge is -2.09. The first kappa shape index (κ1) is 11.4. The van der Waals surface area contributed by atoms with Crippen LogP contribution >= 0.6 is 11.3 Å². The Balaban J connectivity index is 2.07. The monoisotopic (exact) mass is 236 g/mol. The lowest BCUT2D eigenvalue weighted by Crippen LogP contribution is -2.19. The van der Waals surface area contributed by atoms with Gasteiger partial charge in [-0.05, 0) is 26.0 Å². The highest BCUT2D eigenvalue weighted by Gasteiger charge is 2.10. The van der Waals surface area contributed by atoms with Crippen molar-refractivity contribution in [2.45, 2.75) is 26.3 Å². The molecule has 2 heterocycles. The molecule has 1 unspecified atom stereocenters. The van der Waals surface area contributed by atoms with Crippen LogP contribution in [-0.2, 0) is 0 Å². The van der Waals surface area contributed by atoms with Gasteiger partial charge in [0.25, 0.3) is 0 Å². The van der Waals surface area contributed by atoms with Crippen LogP contribution in [0.3, 0.4) is 0 Å². The van der Waals surface area contributed by atoms with Crippen LogP contribution in [0.25, 0.3) is 10.6 Å². The molecule has 0 aliphatic rings. The Bertz CT molecular complexity index is 422. The summed E-state index contributed by atoms with van der Waals surface area (Å²) >= 11 is 1.66. The fourth-order valence-electron chi connectivity index (χ4n) is 1.47. The van der Waals surface area contributed by atoms with E-state index in [4.69, 9.17) is 4.42 Å². The van der Waals surface area contributed by atoms with Crippen molar-refractivity contribution in [1.82, 2.24) is 10.3 Å². The molecule has 0 spiro atoms. The molecule has 0 radical (unpaired) electrons. The first-order valence-corrected chi connectivity index (χ1v) is 6.40. The SMILES string of the molecule is CCCNC(C)c1csc(-c2ccoc2)n1. The van der Waals surface area contributed by atoms with Crippen molar-refractivity contribution >= 4 is 11.3 Å². The van der Waals surface area contributed by atoms with Crippen molar-refractivity contribution in [2.75, 3.05) is 6.54 Å². The summed E-state index contributed by atoms with van der Waals surface area (Å²) in [6.45, 7) is 5.33. The summed E-state index contributed by atoms with van der Waals surface area (Å²) in [5.41, 5.74) is 2.16. The molecule has 86 valence electrons. The van der Waals surface area contributed by atoms with E-state index in [2.05, 4.69) is 29.5 Å². The number of hydrogen-bond acceptors (Lipinski definition) is 4. The zero-order valence-electron chi connectivity index (χ0n) is 9.56. The first-order chi connectivity index (χ1) is 7.81. The minimum absolute atomic E-state index is 0.317. The molecule has 16 heavy (non-hydrogen) atoms. The van der Waals surface area contributed by atoms with Crippen LogP contribution in [-0.4, -0.2) is 11.5 Å². The zero-order chi connectivity index (χ0) is 11.4. The third kappa shape index (κ3) is 2.51. The lowest BCUT2D eigenvalue weighted by molar-refractivity contribution is 0.561. The number of nitrogens with zero attached hydrogens (tertiary/aromatic N) is 1. The van der Waals surface area contributed by atoms with Gasteiger partial charge in [0.1, 0.15) is 11.3 Å². The lowest BCUT2D eigenvalue weighted by atomic mass is 10.2. The van der Waals surface area contributed by atoms with E-state index in [1.54, 1.807) is 23.9 Å². The molecule has 4 heteroatoms. The molecule has 0 saturated carbocycles.